The molecule has 1 N–H and O–H groups in total. The average Bonchev–Trinajstić information content (AvgIpc) is 2.74. The quantitative estimate of drug-likeness (QED) is 0.221. The van der Waals surface area contributed by atoms with Crippen LogP contribution in [-0.2, 0) is 0 Å². The Morgan fingerprint density at radius 2 is 1.67 bits per heavy atom. The van der Waals surface area contributed by atoms with E-state index in [9.17, 15) is 19.7 Å². The number of rotatable bonds is 6. The smallest absolute Gasteiger partial charge is 0.343 e. The van der Waals surface area contributed by atoms with Crippen LogP contribution < -0.4 is 10.2 Å². The lowest BCUT2D eigenvalue weighted by atomic mass is 10.1. The number of carbonyl (C=O) groups excluding carboxylic acids is 2. The Hall–Kier alpha value is -4.33. The Bertz CT molecular complexity index is 1110. The summed E-state index contributed by atoms with van der Waals surface area (Å²) in [7, 11) is 0. The predicted molar refractivity (Wildman–Crippen MR) is 111 cm³/mol. The van der Waals surface area contributed by atoms with Crippen LogP contribution in [0.4, 0.5) is 5.69 Å². The zero-order valence-corrected chi connectivity index (χ0v) is 15.9. The molecule has 0 bridgehead atoms. The molecule has 0 fully saturated rings. The Labute approximate surface area is 172 Å². The average molecular weight is 403 g/mol. The summed E-state index contributed by atoms with van der Waals surface area (Å²) in [6, 6.07) is 18.8. The maximum absolute atomic E-state index is 12.2. The number of amides is 1. The lowest BCUT2D eigenvalue weighted by Crippen LogP contribution is -2.17. The van der Waals surface area contributed by atoms with Gasteiger partial charge in [-0.05, 0) is 48.9 Å². The fourth-order valence-corrected chi connectivity index (χ4v) is 2.48. The van der Waals surface area contributed by atoms with E-state index in [-0.39, 0.29) is 22.9 Å². The first-order valence-electron chi connectivity index (χ1n) is 8.89. The summed E-state index contributed by atoms with van der Waals surface area (Å²) in [5.74, 6) is -0.717. The molecule has 30 heavy (non-hydrogen) atoms. The summed E-state index contributed by atoms with van der Waals surface area (Å²) < 4.78 is 5.29. The van der Waals surface area contributed by atoms with Crippen molar-refractivity contribution in [3.8, 4) is 5.75 Å². The first kappa shape index (κ1) is 20.4. The molecule has 0 saturated heterocycles. The summed E-state index contributed by atoms with van der Waals surface area (Å²) in [6.45, 7) is 1.93. The molecule has 0 atom stereocenters. The van der Waals surface area contributed by atoms with E-state index in [4.69, 9.17) is 4.74 Å². The van der Waals surface area contributed by atoms with Crippen LogP contribution in [0.25, 0.3) is 0 Å². The van der Waals surface area contributed by atoms with Crippen molar-refractivity contribution in [2.45, 2.75) is 6.92 Å². The molecule has 0 heterocycles. The summed E-state index contributed by atoms with van der Waals surface area (Å²) in [5.41, 5.74) is 4.65. The van der Waals surface area contributed by atoms with Crippen molar-refractivity contribution < 1.29 is 19.2 Å². The van der Waals surface area contributed by atoms with Crippen LogP contribution >= 0.6 is 0 Å². The third-order valence-corrected chi connectivity index (χ3v) is 4.08. The number of nitrogens with zero attached hydrogens (tertiary/aromatic N) is 2. The summed E-state index contributed by atoms with van der Waals surface area (Å²) >= 11 is 0. The molecule has 0 unspecified atom stereocenters. The zero-order chi connectivity index (χ0) is 21.5. The van der Waals surface area contributed by atoms with E-state index in [1.807, 2.05) is 19.1 Å². The highest BCUT2D eigenvalue weighted by Crippen LogP contribution is 2.16. The van der Waals surface area contributed by atoms with Crippen LogP contribution in [0.2, 0.25) is 0 Å². The number of aryl methyl sites for hydroxylation is 1. The van der Waals surface area contributed by atoms with Gasteiger partial charge in [-0.1, -0.05) is 29.8 Å². The summed E-state index contributed by atoms with van der Waals surface area (Å²) in [5, 5.41) is 14.6. The van der Waals surface area contributed by atoms with Gasteiger partial charge in [0.15, 0.2) is 0 Å². The normalized spacial score (nSPS) is 10.6. The van der Waals surface area contributed by atoms with E-state index in [2.05, 4.69) is 10.5 Å². The van der Waals surface area contributed by atoms with Gasteiger partial charge in [-0.2, -0.15) is 5.10 Å². The topological polar surface area (TPSA) is 111 Å². The second-order valence-corrected chi connectivity index (χ2v) is 6.33. The monoisotopic (exact) mass is 403 g/mol. The first-order valence-corrected chi connectivity index (χ1v) is 8.89. The van der Waals surface area contributed by atoms with Crippen LogP contribution in [0.15, 0.2) is 77.9 Å². The SMILES string of the molecule is Cc1ccc(C(=O)NN=Cc2cccc(OC(=O)c3ccc([N+](=O)[O-])cc3)c2)cc1. The minimum Gasteiger partial charge on any atom is -0.423 e. The highest BCUT2D eigenvalue weighted by atomic mass is 16.6. The molecule has 0 aliphatic heterocycles. The van der Waals surface area contributed by atoms with E-state index < -0.39 is 10.9 Å². The van der Waals surface area contributed by atoms with Gasteiger partial charge < -0.3 is 4.74 Å². The molecular formula is C22H17N3O5. The fourth-order valence-electron chi connectivity index (χ4n) is 2.48. The Balaban J connectivity index is 1.61. The molecule has 8 heteroatoms. The lowest BCUT2D eigenvalue weighted by Gasteiger charge is -2.05. The van der Waals surface area contributed by atoms with E-state index >= 15 is 0 Å². The Morgan fingerprint density at radius 1 is 1.00 bits per heavy atom. The lowest BCUT2D eigenvalue weighted by molar-refractivity contribution is -0.384. The number of hydrogen-bond acceptors (Lipinski definition) is 6. The fraction of sp³-hybridized carbons (Fsp3) is 0.0455. The molecule has 8 nitrogen and oxygen atoms in total. The minimum absolute atomic E-state index is 0.113. The predicted octanol–water partition coefficient (Wildman–Crippen LogP) is 3.89. The number of benzene rings is 3. The van der Waals surface area contributed by atoms with Gasteiger partial charge in [-0.25, -0.2) is 10.2 Å². The molecular weight excluding hydrogens is 386 g/mol. The van der Waals surface area contributed by atoms with Crippen molar-refractivity contribution in [3.63, 3.8) is 0 Å². The first-order chi connectivity index (χ1) is 14.4. The number of non-ortho nitro benzene ring substituents is 1. The van der Waals surface area contributed by atoms with Crippen molar-refractivity contribution in [1.82, 2.24) is 5.43 Å². The summed E-state index contributed by atoms with van der Waals surface area (Å²) in [6.07, 6.45) is 1.43. The maximum Gasteiger partial charge on any atom is 0.343 e. The zero-order valence-electron chi connectivity index (χ0n) is 15.9. The molecule has 0 aliphatic carbocycles. The standard InChI is InChI=1S/C22H17N3O5/c1-15-5-7-17(8-6-15)21(26)24-23-14-16-3-2-4-20(13-16)30-22(27)18-9-11-19(12-10-18)25(28)29/h2-14H,1H3,(H,24,26). The molecule has 3 rings (SSSR count). The van der Waals surface area contributed by atoms with Gasteiger partial charge in [-0.3, -0.25) is 14.9 Å². The number of nitrogens with one attached hydrogen (secondary N) is 1. The van der Waals surface area contributed by atoms with Crippen molar-refractivity contribution in [1.29, 1.82) is 0 Å². The number of nitro groups is 1. The van der Waals surface area contributed by atoms with Gasteiger partial charge in [0, 0.05) is 17.7 Å². The molecule has 0 aromatic heterocycles. The van der Waals surface area contributed by atoms with Gasteiger partial charge >= 0.3 is 5.97 Å². The minimum atomic E-state index is -0.647. The van der Waals surface area contributed by atoms with Gasteiger partial charge in [0.1, 0.15) is 5.75 Å². The third kappa shape index (κ3) is 5.35. The van der Waals surface area contributed by atoms with Crippen LogP contribution in [0, 0.1) is 17.0 Å². The molecule has 0 saturated carbocycles. The van der Waals surface area contributed by atoms with Gasteiger partial charge in [0.25, 0.3) is 11.6 Å². The Morgan fingerprint density at radius 3 is 2.33 bits per heavy atom. The van der Waals surface area contributed by atoms with Crippen LogP contribution in [-0.4, -0.2) is 23.0 Å². The number of esters is 1. The Kier molecular flexibility index (Phi) is 6.29. The van der Waals surface area contributed by atoms with Crippen molar-refractivity contribution >= 4 is 23.8 Å². The number of hydrogen-bond donors (Lipinski definition) is 1. The highest BCUT2D eigenvalue weighted by Gasteiger charge is 2.11. The van der Waals surface area contributed by atoms with Gasteiger partial charge in [-0.15, -0.1) is 0 Å². The maximum atomic E-state index is 12.2. The molecule has 0 radical (unpaired) electrons. The van der Waals surface area contributed by atoms with Crippen LogP contribution in [0.5, 0.6) is 5.75 Å². The number of nitro benzene ring substituents is 1. The van der Waals surface area contributed by atoms with Crippen molar-refractivity contribution in [3.05, 3.63) is 105 Å². The molecule has 1 amide bonds. The number of ether oxygens (including phenoxy) is 1. The molecule has 3 aromatic rings. The number of hydrazone groups is 1. The van der Waals surface area contributed by atoms with Gasteiger partial charge in [0.2, 0.25) is 0 Å². The largest absolute Gasteiger partial charge is 0.423 e. The van der Waals surface area contributed by atoms with Crippen molar-refractivity contribution in [2.75, 3.05) is 0 Å². The van der Waals surface area contributed by atoms with E-state index in [0.717, 1.165) is 5.56 Å². The third-order valence-electron chi connectivity index (χ3n) is 4.08. The van der Waals surface area contributed by atoms with Crippen LogP contribution in [0.3, 0.4) is 0 Å². The highest BCUT2D eigenvalue weighted by molar-refractivity contribution is 5.95. The van der Waals surface area contributed by atoms with Gasteiger partial charge in [0.05, 0.1) is 16.7 Å². The molecule has 3 aromatic carbocycles. The van der Waals surface area contributed by atoms with E-state index in [1.165, 1.54) is 30.5 Å². The summed E-state index contributed by atoms with van der Waals surface area (Å²) in [4.78, 5) is 34.4. The molecule has 0 aliphatic rings. The molecule has 150 valence electrons. The van der Waals surface area contributed by atoms with Crippen molar-refractivity contribution in [2.24, 2.45) is 5.10 Å². The second-order valence-electron chi connectivity index (χ2n) is 6.33. The molecule has 0 spiro atoms. The van der Waals surface area contributed by atoms with Crippen LogP contribution in [0.1, 0.15) is 31.8 Å². The number of carbonyl (C=O) groups is 2. The second kappa shape index (κ2) is 9.24. The van der Waals surface area contributed by atoms with E-state index in [0.29, 0.717) is 11.1 Å². The van der Waals surface area contributed by atoms with E-state index in [1.54, 1.807) is 36.4 Å².